The highest BCUT2D eigenvalue weighted by Gasteiger charge is 2.29. The highest BCUT2D eigenvalue weighted by Crippen LogP contribution is 2.38. The Bertz CT molecular complexity index is 460. The molecule has 6 heteroatoms. The van der Waals surface area contributed by atoms with Crippen molar-refractivity contribution < 1.29 is 28.5 Å². The number of benzene rings is 1. The highest BCUT2D eigenvalue weighted by atomic mass is 19.1. The van der Waals surface area contributed by atoms with E-state index in [1.807, 2.05) is 0 Å². The van der Waals surface area contributed by atoms with E-state index in [1.54, 1.807) is 0 Å². The van der Waals surface area contributed by atoms with E-state index in [1.165, 1.54) is 6.07 Å². The molecule has 1 aliphatic heterocycles. The second kappa shape index (κ2) is 5.22. The van der Waals surface area contributed by atoms with Crippen LogP contribution in [-0.2, 0) is 9.53 Å². The summed E-state index contributed by atoms with van der Waals surface area (Å²) in [5.74, 6) is -1.32. The third kappa shape index (κ3) is 2.24. The SMILES string of the molecule is COC(=O)C(O)c1c(F)ccc2c1OCCCO2. The average molecular weight is 256 g/mol. The van der Waals surface area contributed by atoms with Gasteiger partial charge in [-0.3, -0.25) is 0 Å². The molecule has 1 N–H and O–H groups in total. The van der Waals surface area contributed by atoms with E-state index in [0.717, 1.165) is 13.2 Å². The van der Waals surface area contributed by atoms with Crippen LogP contribution in [0.5, 0.6) is 11.5 Å². The molecule has 1 atom stereocenters. The first kappa shape index (κ1) is 12.6. The summed E-state index contributed by atoms with van der Waals surface area (Å²) in [4.78, 5) is 11.3. The molecule has 0 spiro atoms. The molecule has 2 rings (SSSR count). The summed E-state index contributed by atoms with van der Waals surface area (Å²) in [6.45, 7) is 0.768. The Morgan fingerprint density at radius 1 is 1.44 bits per heavy atom. The van der Waals surface area contributed by atoms with Crippen molar-refractivity contribution in [3.8, 4) is 11.5 Å². The molecule has 1 aromatic rings. The van der Waals surface area contributed by atoms with Crippen molar-refractivity contribution >= 4 is 5.97 Å². The fourth-order valence-electron chi connectivity index (χ4n) is 1.72. The number of esters is 1. The second-order valence-corrected chi connectivity index (χ2v) is 3.76. The summed E-state index contributed by atoms with van der Waals surface area (Å²) in [7, 11) is 1.11. The maximum absolute atomic E-state index is 13.8. The average Bonchev–Trinajstić information content (AvgIpc) is 2.62. The topological polar surface area (TPSA) is 65.0 Å². The number of halogens is 1. The minimum atomic E-state index is -1.73. The molecule has 98 valence electrons. The quantitative estimate of drug-likeness (QED) is 0.805. The van der Waals surface area contributed by atoms with Crippen LogP contribution in [0.25, 0.3) is 0 Å². The van der Waals surface area contributed by atoms with Gasteiger partial charge in [0.15, 0.2) is 17.6 Å². The molecule has 0 radical (unpaired) electrons. The van der Waals surface area contributed by atoms with Crippen molar-refractivity contribution in [2.45, 2.75) is 12.5 Å². The molecule has 0 saturated carbocycles. The van der Waals surface area contributed by atoms with Gasteiger partial charge in [0, 0.05) is 6.42 Å². The van der Waals surface area contributed by atoms with Gasteiger partial charge in [-0.1, -0.05) is 0 Å². The van der Waals surface area contributed by atoms with E-state index < -0.39 is 17.9 Å². The van der Waals surface area contributed by atoms with Crippen LogP contribution >= 0.6 is 0 Å². The fraction of sp³-hybridized carbons (Fsp3) is 0.417. The van der Waals surface area contributed by atoms with Gasteiger partial charge >= 0.3 is 5.97 Å². The largest absolute Gasteiger partial charge is 0.490 e. The fourth-order valence-corrected chi connectivity index (χ4v) is 1.72. The standard InChI is InChI=1S/C12H13FO5/c1-16-12(15)10(14)9-7(13)3-4-8-11(9)18-6-2-5-17-8/h3-4,10,14H,2,5-6H2,1H3. The molecule has 18 heavy (non-hydrogen) atoms. The second-order valence-electron chi connectivity index (χ2n) is 3.76. The van der Waals surface area contributed by atoms with E-state index in [-0.39, 0.29) is 11.3 Å². The molecule has 1 heterocycles. The van der Waals surface area contributed by atoms with E-state index >= 15 is 0 Å². The lowest BCUT2D eigenvalue weighted by Crippen LogP contribution is -2.16. The zero-order chi connectivity index (χ0) is 13.1. The number of methoxy groups -OCH3 is 1. The van der Waals surface area contributed by atoms with Crippen LogP contribution in [-0.4, -0.2) is 31.4 Å². The number of hydrogen-bond acceptors (Lipinski definition) is 5. The van der Waals surface area contributed by atoms with Gasteiger partial charge in [-0.25, -0.2) is 9.18 Å². The van der Waals surface area contributed by atoms with Gasteiger partial charge in [-0.05, 0) is 12.1 Å². The highest BCUT2D eigenvalue weighted by molar-refractivity contribution is 5.77. The van der Waals surface area contributed by atoms with Gasteiger partial charge in [-0.2, -0.15) is 0 Å². The molecule has 0 saturated heterocycles. The van der Waals surface area contributed by atoms with Crippen molar-refractivity contribution in [3.05, 3.63) is 23.5 Å². The van der Waals surface area contributed by atoms with Crippen LogP contribution in [0.2, 0.25) is 0 Å². The smallest absolute Gasteiger partial charge is 0.339 e. The molecule has 0 fully saturated rings. The lowest BCUT2D eigenvalue weighted by Gasteiger charge is -2.16. The zero-order valence-electron chi connectivity index (χ0n) is 9.81. The van der Waals surface area contributed by atoms with Gasteiger partial charge in [-0.15, -0.1) is 0 Å². The first-order valence-electron chi connectivity index (χ1n) is 5.49. The van der Waals surface area contributed by atoms with Crippen LogP contribution in [0, 0.1) is 5.82 Å². The number of ether oxygens (including phenoxy) is 3. The third-order valence-corrected chi connectivity index (χ3v) is 2.60. The van der Waals surface area contributed by atoms with Crippen LogP contribution in [0.3, 0.4) is 0 Å². The van der Waals surface area contributed by atoms with Crippen LogP contribution in [0.15, 0.2) is 12.1 Å². The van der Waals surface area contributed by atoms with Gasteiger partial charge in [0.25, 0.3) is 0 Å². The summed E-state index contributed by atoms with van der Waals surface area (Å²) in [6.07, 6.45) is -1.09. The first-order valence-corrected chi connectivity index (χ1v) is 5.49. The summed E-state index contributed by atoms with van der Waals surface area (Å²) in [5, 5.41) is 9.77. The lowest BCUT2D eigenvalue weighted by molar-refractivity contribution is -0.151. The Hall–Kier alpha value is -1.82. The van der Waals surface area contributed by atoms with E-state index in [9.17, 15) is 14.3 Å². The number of aliphatic hydroxyl groups excluding tert-OH is 1. The predicted octanol–water partition coefficient (Wildman–Crippen LogP) is 1.19. The molecule has 5 nitrogen and oxygen atoms in total. The van der Waals surface area contributed by atoms with Gasteiger partial charge in [0.05, 0.1) is 25.9 Å². The Kier molecular flexibility index (Phi) is 3.66. The summed E-state index contributed by atoms with van der Waals surface area (Å²) < 4.78 is 28.8. The summed E-state index contributed by atoms with van der Waals surface area (Å²) >= 11 is 0. The Balaban J connectivity index is 2.48. The third-order valence-electron chi connectivity index (χ3n) is 2.60. The number of hydrogen-bond donors (Lipinski definition) is 1. The number of rotatable bonds is 2. The maximum atomic E-state index is 13.8. The number of carbonyl (C=O) groups excluding carboxylic acids is 1. The Morgan fingerprint density at radius 3 is 2.89 bits per heavy atom. The number of aliphatic hydroxyl groups is 1. The first-order chi connectivity index (χ1) is 8.65. The van der Waals surface area contributed by atoms with E-state index in [0.29, 0.717) is 25.4 Å². The predicted molar refractivity (Wildman–Crippen MR) is 59.0 cm³/mol. The van der Waals surface area contributed by atoms with Crippen molar-refractivity contribution in [2.75, 3.05) is 20.3 Å². The van der Waals surface area contributed by atoms with Gasteiger partial charge in [0.2, 0.25) is 0 Å². The minimum Gasteiger partial charge on any atom is -0.490 e. The molecule has 1 aliphatic rings. The van der Waals surface area contributed by atoms with Crippen LogP contribution in [0.1, 0.15) is 18.1 Å². The molecule has 1 unspecified atom stereocenters. The molecule has 0 amide bonds. The normalized spacial score (nSPS) is 15.7. The van der Waals surface area contributed by atoms with E-state index in [4.69, 9.17) is 9.47 Å². The van der Waals surface area contributed by atoms with Gasteiger partial charge in [0.1, 0.15) is 5.82 Å². The Morgan fingerprint density at radius 2 is 2.17 bits per heavy atom. The summed E-state index contributed by atoms with van der Waals surface area (Å²) in [5.41, 5.74) is -0.249. The van der Waals surface area contributed by atoms with Crippen molar-refractivity contribution in [2.24, 2.45) is 0 Å². The van der Waals surface area contributed by atoms with Crippen molar-refractivity contribution in [3.63, 3.8) is 0 Å². The molecular formula is C12H13FO5. The molecule has 0 bridgehead atoms. The van der Waals surface area contributed by atoms with Crippen LogP contribution < -0.4 is 9.47 Å². The minimum absolute atomic E-state index is 0.0606. The Labute approximate surface area is 103 Å². The lowest BCUT2D eigenvalue weighted by atomic mass is 10.1. The molecule has 1 aromatic carbocycles. The van der Waals surface area contributed by atoms with Crippen molar-refractivity contribution in [1.29, 1.82) is 0 Å². The number of fused-ring (bicyclic) bond motifs is 1. The monoisotopic (exact) mass is 256 g/mol. The van der Waals surface area contributed by atoms with Crippen molar-refractivity contribution in [1.82, 2.24) is 0 Å². The van der Waals surface area contributed by atoms with Gasteiger partial charge < -0.3 is 19.3 Å². The molecular weight excluding hydrogens is 243 g/mol. The molecule has 0 aliphatic carbocycles. The molecule has 0 aromatic heterocycles. The zero-order valence-corrected chi connectivity index (χ0v) is 9.81. The summed E-state index contributed by atoms with van der Waals surface area (Å²) in [6, 6.07) is 2.53. The van der Waals surface area contributed by atoms with E-state index in [2.05, 4.69) is 4.74 Å². The maximum Gasteiger partial charge on any atom is 0.339 e. The van der Waals surface area contributed by atoms with Crippen LogP contribution in [0.4, 0.5) is 4.39 Å². The number of carbonyl (C=O) groups is 1.